The van der Waals surface area contributed by atoms with Crippen LogP contribution in [0.4, 0.5) is 5.95 Å². The number of aliphatic imine (C=N–C) groups is 1. The summed E-state index contributed by atoms with van der Waals surface area (Å²) in [6.45, 7) is 12.5. The Labute approximate surface area is 184 Å². The van der Waals surface area contributed by atoms with Crippen LogP contribution in [0.1, 0.15) is 26.6 Å². The maximum atomic E-state index is 4.84. The Balaban J connectivity index is 0.00000280. The monoisotopic (exact) mass is 498 g/mol. The second-order valence-corrected chi connectivity index (χ2v) is 7.08. The molecule has 1 saturated heterocycles. The van der Waals surface area contributed by atoms with Gasteiger partial charge in [0.05, 0.1) is 0 Å². The number of hydrogen-bond donors (Lipinski definition) is 1. The van der Waals surface area contributed by atoms with Gasteiger partial charge in [-0.25, -0.2) is 19.9 Å². The van der Waals surface area contributed by atoms with Gasteiger partial charge in [0.1, 0.15) is 12.4 Å². The van der Waals surface area contributed by atoms with E-state index in [1.54, 1.807) is 12.4 Å². The number of piperazine rings is 1. The summed E-state index contributed by atoms with van der Waals surface area (Å²) in [7, 11) is 0. The second kappa shape index (κ2) is 11.2. The normalized spacial score (nSPS) is 14.9. The van der Waals surface area contributed by atoms with Gasteiger partial charge in [-0.3, -0.25) is 0 Å². The van der Waals surface area contributed by atoms with Crippen molar-refractivity contribution < 1.29 is 0 Å². The summed E-state index contributed by atoms with van der Waals surface area (Å²) >= 11 is 0. The third-order valence-electron chi connectivity index (χ3n) is 4.48. The SMILES string of the molecule is CCNC(=NCc1nccn1CC(C)C)N1CCN(c2ncccn2)CC1.I. The van der Waals surface area contributed by atoms with Crippen LogP contribution < -0.4 is 10.2 Å². The molecule has 2 aromatic heterocycles. The minimum Gasteiger partial charge on any atom is -0.357 e. The van der Waals surface area contributed by atoms with Crippen LogP contribution in [0.15, 0.2) is 35.8 Å². The Morgan fingerprint density at radius 3 is 2.46 bits per heavy atom. The zero-order valence-electron chi connectivity index (χ0n) is 17.0. The van der Waals surface area contributed by atoms with Crippen LogP contribution in [0.3, 0.4) is 0 Å². The lowest BCUT2D eigenvalue weighted by atomic mass is 10.2. The third kappa shape index (κ3) is 6.05. The van der Waals surface area contributed by atoms with Crippen LogP contribution in [0.5, 0.6) is 0 Å². The Hall–Kier alpha value is -1.91. The summed E-state index contributed by atoms with van der Waals surface area (Å²) in [4.78, 5) is 22.6. The van der Waals surface area contributed by atoms with Crippen molar-refractivity contribution in [2.45, 2.75) is 33.9 Å². The lowest BCUT2D eigenvalue weighted by Crippen LogP contribution is -2.53. The number of aromatic nitrogens is 4. The summed E-state index contributed by atoms with van der Waals surface area (Å²) < 4.78 is 2.20. The molecule has 0 atom stereocenters. The highest BCUT2D eigenvalue weighted by Gasteiger charge is 2.21. The van der Waals surface area contributed by atoms with Gasteiger partial charge in [0, 0.05) is 64.1 Å². The van der Waals surface area contributed by atoms with Crippen LogP contribution >= 0.6 is 24.0 Å². The highest BCUT2D eigenvalue weighted by molar-refractivity contribution is 14.0. The van der Waals surface area contributed by atoms with Crippen molar-refractivity contribution in [2.75, 3.05) is 37.6 Å². The molecule has 0 aromatic carbocycles. The maximum Gasteiger partial charge on any atom is 0.225 e. The fourth-order valence-corrected chi connectivity index (χ4v) is 3.20. The molecule has 0 bridgehead atoms. The number of nitrogens with zero attached hydrogens (tertiary/aromatic N) is 7. The topological polar surface area (TPSA) is 74.5 Å². The van der Waals surface area contributed by atoms with Crippen LogP contribution in [0, 0.1) is 5.92 Å². The lowest BCUT2D eigenvalue weighted by molar-refractivity contribution is 0.369. The van der Waals surface area contributed by atoms with E-state index in [0.29, 0.717) is 12.5 Å². The zero-order chi connectivity index (χ0) is 19.1. The fraction of sp³-hybridized carbons (Fsp3) is 0.579. The number of guanidine groups is 1. The van der Waals surface area contributed by atoms with E-state index < -0.39 is 0 Å². The highest BCUT2D eigenvalue weighted by Crippen LogP contribution is 2.10. The molecule has 0 radical (unpaired) electrons. The molecule has 3 heterocycles. The van der Waals surface area contributed by atoms with Crippen LogP contribution in [-0.4, -0.2) is 63.1 Å². The molecule has 8 nitrogen and oxygen atoms in total. The molecule has 0 unspecified atom stereocenters. The van der Waals surface area contributed by atoms with Gasteiger partial charge in [-0.05, 0) is 18.9 Å². The van der Waals surface area contributed by atoms with Crippen molar-refractivity contribution in [1.82, 2.24) is 29.7 Å². The van der Waals surface area contributed by atoms with Crippen molar-refractivity contribution >= 4 is 35.9 Å². The van der Waals surface area contributed by atoms with Crippen molar-refractivity contribution in [1.29, 1.82) is 0 Å². The molecular formula is C19H31IN8. The molecule has 28 heavy (non-hydrogen) atoms. The Kier molecular flexibility index (Phi) is 8.94. The van der Waals surface area contributed by atoms with Gasteiger partial charge in [0.2, 0.25) is 5.95 Å². The first-order valence-electron chi connectivity index (χ1n) is 9.72. The van der Waals surface area contributed by atoms with Crippen LogP contribution in [-0.2, 0) is 13.1 Å². The minimum atomic E-state index is 0. The fourth-order valence-electron chi connectivity index (χ4n) is 3.20. The Bertz CT molecular complexity index is 723. The minimum absolute atomic E-state index is 0. The van der Waals surface area contributed by atoms with Gasteiger partial charge < -0.3 is 19.7 Å². The molecule has 1 aliphatic rings. The summed E-state index contributed by atoms with van der Waals surface area (Å²) in [6, 6.07) is 1.85. The van der Waals surface area contributed by atoms with Gasteiger partial charge in [0.15, 0.2) is 5.96 Å². The van der Waals surface area contributed by atoms with Gasteiger partial charge in [-0.15, -0.1) is 24.0 Å². The molecule has 1 aliphatic heterocycles. The van der Waals surface area contributed by atoms with Crippen molar-refractivity contribution in [3.05, 3.63) is 36.7 Å². The van der Waals surface area contributed by atoms with Crippen LogP contribution in [0.25, 0.3) is 0 Å². The molecule has 2 aromatic rings. The van der Waals surface area contributed by atoms with Crippen molar-refractivity contribution in [3.8, 4) is 0 Å². The first-order chi connectivity index (χ1) is 13.2. The smallest absolute Gasteiger partial charge is 0.225 e. The molecule has 1 N–H and O–H groups in total. The molecule has 9 heteroatoms. The standard InChI is InChI=1S/C19H30N8.HI/c1-4-20-18(24-14-17-21-8-9-27(17)15-16(2)3)25-10-12-26(13-11-25)19-22-6-5-7-23-19;/h5-9,16H,4,10-15H2,1-3H3,(H,20,24);1H. The lowest BCUT2D eigenvalue weighted by Gasteiger charge is -2.36. The summed E-state index contributed by atoms with van der Waals surface area (Å²) in [5, 5.41) is 3.42. The quantitative estimate of drug-likeness (QED) is 0.374. The predicted octanol–water partition coefficient (Wildman–Crippen LogP) is 2.23. The summed E-state index contributed by atoms with van der Waals surface area (Å²) in [5.41, 5.74) is 0. The van der Waals surface area contributed by atoms with Gasteiger partial charge in [-0.1, -0.05) is 13.8 Å². The number of halogens is 1. The van der Waals surface area contributed by atoms with E-state index in [4.69, 9.17) is 4.99 Å². The number of nitrogens with one attached hydrogen (secondary N) is 1. The Morgan fingerprint density at radius 2 is 1.82 bits per heavy atom. The third-order valence-corrected chi connectivity index (χ3v) is 4.48. The summed E-state index contributed by atoms with van der Waals surface area (Å²) in [5.74, 6) is 3.35. The van der Waals surface area contributed by atoms with Gasteiger partial charge in [-0.2, -0.15) is 0 Å². The number of imidazole rings is 1. The largest absolute Gasteiger partial charge is 0.357 e. The Morgan fingerprint density at radius 1 is 1.11 bits per heavy atom. The van der Waals surface area contributed by atoms with E-state index in [0.717, 1.165) is 57.0 Å². The zero-order valence-corrected chi connectivity index (χ0v) is 19.3. The highest BCUT2D eigenvalue weighted by atomic mass is 127. The van der Waals surface area contributed by atoms with E-state index in [1.807, 2.05) is 18.5 Å². The average molecular weight is 498 g/mol. The van der Waals surface area contributed by atoms with Crippen molar-refractivity contribution in [2.24, 2.45) is 10.9 Å². The molecule has 1 fully saturated rings. The second-order valence-electron chi connectivity index (χ2n) is 7.08. The molecule has 3 rings (SSSR count). The van der Waals surface area contributed by atoms with E-state index in [-0.39, 0.29) is 24.0 Å². The van der Waals surface area contributed by atoms with Crippen molar-refractivity contribution in [3.63, 3.8) is 0 Å². The molecule has 154 valence electrons. The average Bonchev–Trinajstić information content (AvgIpc) is 3.12. The first-order valence-corrected chi connectivity index (χ1v) is 9.72. The molecule has 0 amide bonds. The van der Waals surface area contributed by atoms with E-state index in [2.05, 4.69) is 55.4 Å². The predicted molar refractivity (Wildman–Crippen MR) is 123 cm³/mol. The number of rotatable bonds is 6. The molecular weight excluding hydrogens is 467 g/mol. The maximum absolute atomic E-state index is 4.84. The summed E-state index contributed by atoms with van der Waals surface area (Å²) in [6.07, 6.45) is 7.48. The van der Waals surface area contributed by atoms with Gasteiger partial charge in [0.25, 0.3) is 0 Å². The van der Waals surface area contributed by atoms with Gasteiger partial charge >= 0.3 is 0 Å². The molecule has 0 aliphatic carbocycles. The molecule has 0 spiro atoms. The number of anilines is 1. The van der Waals surface area contributed by atoms with Crippen LogP contribution in [0.2, 0.25) is 0 Å². The molecule has 0 saturated carbocycles. The van der Waals surface area contributed by atoms with E-state index in [1.165, 1.54) is 0 Å². The number of hydrogen-bond acceptors (Lipinski definition) is 5. The van der Waals surface area contributed by atoms with E-state index in [9.17, 15) is 0 Å². The first kappa shape index (κ1) is 22.4. The van der Waals surface area contributed by atoms with E-state index >= 15 is 0 Å².